The van der Waals surface area contributed by atoms with Gasteiger partial charge in [0, 0.05) is 0 Å². The van der Waals surface area contributed by atoms with E-state index < -0.39 is 0 Å². The second kappa shape index (κ2) is 3.21. The number of nitrogens with zero attached hydrogens (tertiary/aromatic N) is 1. The molecule has 84 valence electrons. The molecule has 2 aliphatic carbocycles. The Morgan fingerprint density at radius 1 is 1.29 bits per heavy atom. The van der Waals surface area contributed by atoms with E-state index in [9.17, 15) is 5.26 Å². The molecule has 3 aliphatic rings. The summed E-state index contributed by atoms with van der Waals surface area (Å²) in [5, 5.41) is 9.41. The highest BCUT2D eigenvalue weighted by atomic mass is 16.5. The molecule has 3 atom stereocenters. The number of nitriles is 1. The molecule has 1 heterocycles. The molecule has 0 N–H and O–H groups in total. The summed E-state index contributed by atoms with van der Waals surface area (Å²) in [4.78, 5) is 0. The number of benzene rings is 1. The Balaban J connectivity index is 1.98. The van der Waals surface area contributed by atoms with Crippen molar-refractivity contribution in [1.29, 1.82) is 5.26 Å². The van der Waals surface area contributed by atoms with Crippen LogP contribution in [0, 0.1) is 23.2 Å². The molecule has 1 saturated carbocycles. The molecule has 1 aromatic carbocycles. The second-order valence-electron chi connectivity index (χ2n) is 5.24. The quantitative estimate of drug-likeness (QED) is 0.677. The van der Waals surface area contributed by atoms with Crippen LogP contribution >= 0.6 is 0 Å². The summed E-state index contributed by atoms with van der Waals surface area (Å²) in [6.45, 7) is 1.54. The molecule has 2 nitrogen and oxygen atoms in total. The van der Waals surface area contributed by atoms with E-state index in [0.29, 0.717) is 24.4 Å². The zero-order valence-electron chi connectivity index (χ0n) is 9.52. The van der Waals surface area contributed by atoms with Crippen LogP contribution in [0.5, 0.6) is 0 Å². The number of hydrogen-bond donors (Lipinski definition) is 0. The van der Waals surface area contributed by atoms with Crippen LogP contribution in [0.2, 0.25) is 0 Å². The molecule has 0 bridgehead atoms. The van der Waals surface area contributed by atoms with Gasteiger partial charge in [-0.1, -0.05) is 24.3 Å². The minimum absolute atomic E-state index is 0.591. The highest BCUT2D eigenvalue weighted by Crippen LogP contribution is 2.58. The molecule has 1 saturated heterocycles. The smallest absolute Gasteiger partial charge is 0.0998 e. The molecule has 3 unspecified atom stereocenters. The molecular weight excluding hydrogens is 210 g/mol. The van der Waals surface area contributed by atoms with Crippen molar-refractivity contribution in [3.63, 3.8) is 0 Å². The monoisotopic (exact) mass is 223 g/mol. The molecule has 17 heavy (non-hydrogen) atoms. The molecule has 2 heteroatoms. The Morgan fingerprint density at radius 3 is 3.06 bits per heavy atom. The molecule has 1 aromatic rings. The lowest BCUT2D eigenvalue weighted by Crippen LogP contribution is -2.46. The van der Waals surface area contributed by atoms with E-state index in [1.165, 1.54) is 17.6 Å². The number of hydrogen-bond acceptors (Lipinski definition) is 2. The first-order valence-corrected chi connectivity index (χ1v) is 6.20. The summed E-state index contributed by atoms with van der Waals surface area (Å²) in [5.74, 6) is 1.89. The number of fused-ring (bicyclic) bond motifs is 2. The normalized spacial score (nSPS) is 33.2. The van der Waals surface area contributed by atoms with Crippen LogP contribution in [-0.4, -0.2) is 13.2 Å². The average Bonchev–Trinajstić information content (AvgIpc) is 2.34. The Hall–Kier alpha value is -1.59. The van der Waals surface area contributed by atoms with Gasteiger partial charge in [-0.05, 0) is 40.9 Å². The lowest BCUT2D eigenvalue weighted by molar-refractivity contribution is -0.00716. The van der Waals surface area contributed by atoms with Crippen LogP contribution in [0.25, 0.3) is 5.57 Å². The fraction of sp³-hybridized carbons (Fsp3) is 0.400. The van der Waals surface area contributed by atoms with E-state index in [4.69, 9.17) is 4.74 Å². The van der Waals surface area contributed by atoms with Gasteiger partial charge in [0.15, 0.2) is 0 Å². The first-order valence-electron chi connectivity index (χ1n) is 6.20. The molecule has 0 spiro atoms. The van der Waals surface area contributed by atoms with Gasteiger partial charge in [0.25, 0.3) is 0 Å². The molecule has 0 radical (unpaired) electrons. The SMILES string of the molecule is N#CC1=C2COCC3CC(c4ccccc41)C23. The maximum atomic E-state index is 9.41. The first-order chi connectivity index (χ1) is 8.40. The summed E-state index contributed by atoms with van der Waals surface area (Å²) >= 11 is 0. The van der Waals surface area contributed by atoms with E-state index in [0.717, 1.165) is 17.7 Å². The minimum atomic E-state index is 0.591. The lowest BCUT2D eigenvalue weighted by Gasteiger charge is -2.52. The largest absolute Gasteiger partial charge is 0.377 e. The summed E-state index contributed by atoms with van der Waals surface area (Å²) in [6, 6.07) is 10.8. The fourth-order valence-corrected chi connectivity index (χ4v) is 3.78. The summed E-state index contributed by atoms with van der Waals surface area (Å²) in [5.41, 5.74) is 4.68. The van der Waals surface area contributed by atoms with E-state index in [1.807, 2.05) is 6.07 Å². The molecular formula is C15H13NO. The van der Waals surface area contributed by atoms with E-state index in [-0.39, 0.29) is 0 Å². The molecule has 0 amide bonds. The van der Waals surface area contributed by atoms with E-state index in [2.05, 4.69) is 24.3 Å². The van der Waals surface area contributed by atoms with E-state index in [1.54, 1.807) is 0 Å². The molecule has 1 aliphatic heterocycles. The van der Waals surface area contributed by atoms with Gasteiger partial charge in [0.05, 0.1) is 24.9 Å². The minimum Gasteiger partial charge on any atom is -0.377 e. The van der Waals surface area contributed by atoms with Crippen LogP contribution < -0.4 is 0 Å². The summed E-state index contributed by atoms with van der Waals surface area (Å²) in [7, 11) is 0. The molecule has 0 aromatic heterocycles. The number of ether oxygens (including phenoxy) is 1. The van der Waals surface area contributed by atoms with Gasteiger partial charge in [-0.25, -0.2) is 0 Å². The van der Waals surface area contributed by atoms with Gasteiger partial charge in [-0.15, -0.1) is 0 Å². The Bertz CT molecular complexity index is 567. The van der Waals surface area contributed by atoms with Gasteiger partial charge < -0.3 is 4.74 Å². The van der Waals surface area contributed by atoms with Gasteiger partial charge in [-0.3, -0.25) is 0 Å². The van der Waals surface area contributed by atoms with Crippen molar-refractivity contribution in [1.82, 2.24) is 0 Å². The third-order valence-electron chi connectivity index (χ3n) is 4.55. The van der Waals surface area contributed by atoms with Gasteiger partial charge in [0.1, 0.15) is 0 Å². The second-order valence-corrected chi connectivity index (χ2v) is 5.24. The van der Waals surface area contributed by atoms with Crippen molar-refractivity contribution in [3.8, 4) is 6.07 Å². The summed E-state index contributed by atoms with van der Waals surface area (Å²) in [6.07, 6.45) is 1.23. The molecule has 4 rings (SSSR count). The van der Waals surface area contributed by atoms with Crippen molar-refractivity contribution in [2.45, 2.75) is 12.3 Å². The lowest BCUT2D eigenvalue weighted by atomic mass is 9.54. The van der Waals surface area contributed by atoms with Crippen LogP contribution in [0.3, 0.4) is 0 Å². The maximum absolute atomic E-state index is 9.41. The maximum Gasteiger partial charge on any atom is 0.0998 e. The van der Waals surface area contributed by atoms with Gasteiger partial charge in [-0.2, -0.15) is 5.26 Å². The first kappa shape index (κ1) is 9.44. The molecule has 2 fully saturated rings. The number of rotatable bonds is 0. The van der Waals surface area contributed by atoms with Crippen molar-refractivity contribution < 1.29 is 4.74 Å². The average molecular weight is 223 g/mol. The van der Waals surface area contributed by atoms with Crippen LogP contribution in [0.1, 0.15) is 23.5 Å². The topological polar surface area (TPSA) is 33.0 Å². The van der Waals surface area contributed by atoms with Crippen molar-refractivity contribution in [3.05, 3.63) is 41.0 Å². The highest BCUT2D eigenvalue weighted by Gasteiger charge is 2.50. The van der Waals surface area contributed by atoms with Gasteiger partial charge in [0.2, 0.25) is 0 Å². The fourth-order valence-electron chi connectivity index (χ4n) is 3.78. The number of allylic oxidation sites excluding steroid dienone is 1. The van der Waals surface area contributed by atoms with E-state index >= 15 is 0 Å². The summed E-state index contributed by atoms with van der Waals surface area (Å²) < 4.78 is 5.63. The Labute approximate surface area is 101 Å². The van der Waals surface area contributed by atoms with Crippen LogP contribution in [0.4, 0.5) is 0 Å². The van der Waals surface area contributed by atoms with Crippen molar-refractivity contribution >= 4 is 5.57 Å². The van der Waals surface area contributed by atoms with Crippen molar-refractivity contribution in [2.75, 3.05) is 13.2 Å². The predicted molar refractivity (Wildman–Crippen MR) is 64.1 cm³/mol. The highest BCUT2D eigenvalue weighted by molar-refractivity contribution is 5.84. The Kier molecular flexibility index (Phi) is 1.78. The van der Waals surface area contributed by atoms with Crippen molar-refractivity contribution in [2.24, 2.45) is 11.8 Å². The third-order valence-corrected chi connectivity index (χ3v) is 4.55. The third kappa shape index (κ3) is 1.08. The van der Waals surface area contributed by atoms with Crippen LogP contribution in [-0.2, 0) is 4.74 Å². The zero-order valence-corrected chi connectivity index (χ0v) is 9.52. The zero-order chi connectivity index (χ0) is 11.4. The Morgan fingerprint density at radius 2 is 2.18 bits per heavy atom. The van der Waals surface area contributed by atoms with Gasteiger partial charge >= 0.3 is 0 Å². The standard InChI is InChI=1S/C15H13NO/c16-6-13-11-4-2-1-3-10(11)12-5-9-7-17-8-14(13)15(9)12/h1-4,9,12,15H,5,7-8H2. The predicted octanol–water partition coefficient (Wildman–Crippen LogP) is 2.73. The van der Waals surface area contributed by atoms with Crippen LogP contribution in [0.15, 0.2) is 29.8 Å².